The molecule has 0 bridgehead atoms. The Kier molecular flexibility index (Phi) is 6.12. The van der Waals surface area contributed by atoms with Gasteiger partial charge in [0.25, 0.3) is 0 Å². The number of nitrogens with one attached hydrogen (secondary N) is 1. The van der Waals surface area contributed by atoms with E-state index >= 15 is 0 Å². The number of aryl methyl sites for hydroxylation is 2. The molecule has 0 fully saturated rings. The molecule has 26 heavy (non-hydrogen) atoms. The van der Waals surface area contributed by atoms with Crippen LogP contribution in [-0.4, -0.2) is 17.4 Å². The average molecular weight is 368 g/mol. The van der Waals surface area contributed by atoms with Gasteiger partial charge in [-0.3, -0.25) is 4.79 Å². The number of hydrogen-bond donors (Lipinski definition) is 1. The van der Waals surface area contributed by atoms with Gasteiger partial charge in [0.2, 0.25) is 5.91 Å². The van der Waals surface area contributed by atoms with Gasteiger partial charge >= 0.3 is 0 Å². The summed E-state index contributed by atoms with van der Waals surface area (Å²) in [6, 6.07) is 15.5. The second-order valence-electron chi connectivity index (χ2n) is 6.15. The normalized spacial score (nSPS) is 10.7. The number of carbonyl (C=O) groups is 1. The van der Waals surface area contributed by atoms with Gasteiger partial charge in [-0.25, -0.2) is 9.37 Å². The molecule has 0 saturated heterocycles. The van der Waals surface area contributed by atoms with E-state index < -0.39 is 0 Å². The Labute approximate surface area is 156 Å². The molecule has 0 unspecified atom stereocenters. The fourth-order valence-electron chi connectivity index (χ4n) is 2.74. The molecule has 0 atom stereocenters. The fraction of sp³-hybridized carbons (Fsp3) is 0.238. The van der Waals surface area contributed by atoms with Crippen LogP contribution in [0, 0.1) is 5.82 Å². The molecule has 0 aliphatic carbocycles. The van der Waals surface area contributed by atoms with E-state index in [0.29, 0.717) is 18.5 Å². The molecule has 3 nitrogen and oxygen atoms in total. The Balaban J connectivity index is 1.63. The van der Waals surface area contributed by atoms with Crippen LogP contribution in [0.15, 0.2) is 53.9 Å². The van der Waals surface area contributed by atoms with Crippen LogP contribution in [0.1, 0.15) is 23.1 Å². The van der Waals surface area contributed by atoms with E-state index in [2.05, 4.69) is 22.4 Å². The summed E-state index contributed by atoms with van der Waals surface area (Å²) in [6.45, 7) is 1.89. The Hall–Kier alpha value is -2.53. The maximum Gasteiger partial charge on any atom is 0.216 e. The quantitative estimate of drug-likeness (QED) is 0.671. The molecule has 1 N–H and O–H groups in total. The largest absolute Gasteiger partial charge is 0.356 e. The highest BCUT2D eigenvalue weighted by Gasteiger charge is 2.09. The lowest BCUT2D eigenvalue weighted by molar-refractivity contribution is -0.118. The number of halogens is 1. The van der Waals surface area contributed by atoms with Crippen LogP contribution >= 0.6 is 11.3 Å². The van der Waals surface area contributed by atoms with Gasteiger partial charge in [0.05, 0.1) is 10.7 Å². The van der Waals surface area contributed by atoms with Crippen molar-refractivity contribution in [2.45, 2.75) is 26.2 Å². The van der Waals surface area contributed by atoms with Gasteiger partial charge in [0.1, 0.15) is 5.82 Å². The van der Waals surface area contributed by atoms with E-state index in [1.807, 2.05) is 29.6 Å². The molecule has 1 amide bonds. The van der Waals surface area contributed by atoms with E-state index in [-0.39, 0.29) is 11.7 Å². The SMILES string of the molecule is CC(=O)NCCc1ccc(-c2csc(CCc3ccccc3)n2)cc1F. The number of rotatable bonds is 7. The second kappa shape index (κ2) is 8.72. The van der Waals surface area contributed by atoms with Crippen LogP contribution in [0.3, 0.4) is 0 Å². The molecular formula is C21H21FN2OS. The Bertz CT molecular complexity index is 877. The van der Waals surface area contributed by atoms with Gasteiger partial charge in [-0.1, -0.05) is 42.5 Å². The standard InChI is InChI=1S/C21H21FN2OS/c1-15(25)23-12-11-17-8-9-18(13-19(17)22)20-14-26-21(24-20)10-7-16-5-3-2-4-6-16/h2-6,8-9,13-14H,7,10-12H2,1H3,(H,23,25). The highest BCUT2D eigenvalue weighted by atomic mass is 32.1. The van der Waals surface area contributed by atoms with Crippen molar-refractivity contribution in [1.29, 1.82) is 0 Å². The number of thiazole rings is 1. The monoisotopic (exact) mass is 368 g/mol. The van der Waals surface area contributed by atoms with Crippen molar-refractivity contribution in [1.82, 2.24) is 10.3 Å². The van der Waals surface area contributed by atoms with Gasteiger partial charge in [0.15, 0.2) is 0 Å². The van der Waals surface area contributed by atoms with E-state index in [9.17, 15) is 9.18 Å². The molecular weight excluding hydrogens is 347 g/mol. The van der Waals surface area contributed by atoms with Crippen LogP contribution in [0.25, 0.3) is 11.3 Å². The fourth-order valence-corrected chi connectivity index (χ4v) is 3.54. The van der Waals surface area contributed by atoms with Crippen LogP contribution in [0.2, 0.25) is 0 Å². The van der Waals surface area contributed by atoms with Crippen molar-refractivity contribution in [3.63, 3.8) is 0 Å². The van der Waals surface area contributed by atoms with Gasteiger partial charge in [0, 0.05) is 30.8 Å². The summed E-state index contributed by atoms with van der Waals surface area (Å²) >= 11 is 1.61. The highest BCUT2D eigenvalue weighted by molar-refractivity contribution is 7.09. The zero-order valence-corrected chi connectivity index (χ0v) is 15.5. The number of hydrogen-bond acceptors (Lipinski definition) is 3. The first-order chi connectivity index (χ1) is 12.6. The van der Waals surface area contributed by atoms with Crippen molar-refractivity contribution in [3.8, 4) is 11.3 Å². The summed E-state index contributed by atoms with van der Waals surface area (Å²) in [5, 5.41) is 5.71. The van der Waals surface area contributed by atoms with E-state index in [4.69, 9.17) is 0 Å². The average Bonchev–Trinajstić information content (AvgIpc) is 3.11. The Morgan fingerprint density at radius 2 is 1.92 bits per heavy atom. The zero-order chi connectivity index (χ0) is 18.4. The summed E-state index contributed by atoms with van der Waals surface area (Å²) in [6.07, 6.45) is 2.31. The summed E-state index contributed by atoms with van der Waals surface area (Å²) in [7, 11) is 0. The van der Waals surface area contributed by atoms with Crippen molar-refractivity contribution in [2.75, 3.05) is 6.54 Å². The molecule has 3 aromatic rings. The Morgan fingerprint density at radius 1 is 1.12 bits per heavy atom. The lowest BCUT2D eigenvalue weighted by Crippen LogP contribution is -2.22. The molecule has 0 radical (unpaired) electrons. The molecule has 3 rings (SSSR count). The number of benzene rings is 2. The second-order valence-corrected chi connectivity index (χ2v) is 7.09. The molecule has 1 aromatic heterocycles. The first kappa shape index (κ1) is 18.3. The van der Waals surface area contributed by atoms with Gasteiger partial charge in [-0.15, -0.1) is 11.3 Å². The minimum absolute atomic E-state index is 0.104. The number of nitrogens with zero attached hydrogens (tertiary/aromatic N) is 1. The molecule has 0 aliphatic rings. The topological polar surface area (TPSA) is 42.0 Å². The van der Waals surface area contributed by atoms with Crippen molar-refractivity contribution < 1.29 is 9.18 Å². The summed E-state index contributed by atoms with van der Waals surface area (Å²) in [4.78, 5) is 15.5. The van der Waals surface area contributed by atoms with Gasteiger partial charge in [-0.2, -0.15) is 0 Å². The van der Waals surface area contributed by atoms with E-state index in [1.165, 1.54) is 18.6 Å². The molecule has 0 aliphatic heterocycles. The van der Waals surface area contributed by atoms with Crippen LogP contribution in [0.4, 0.5) is 4.39 Å². The molecule has 134 valence electrons. The summed E-state index contributed by atoms with van der Waals surface area (Å²) < 4.78 is 14.3. The first-order valence-corrected chi connectivity index (χ1v) is 9.51. The van der Waals surface area contributed by atoms with Crippen LogP contribution in [0.5, 0.6) is 0 Å². The van der Waals surface area contributed by atoms with Gasteiger partial charge < -0.3 is 5.32 Å². The molecule has 2 aromatic carbocycles. The van der Waals surface area contributed by atoms with Gasteiger partial charge in [-0.05, 0) is 30.0 Å². The predicted octanol–water partition coefficient (Wildman–Crippen LogP) is 4.41. The third-order valence-corrected chi connectivity index (χ3v) is 5.05. The lowest BCUT2D eigenvalue weighted by atomic mass is 10.1. The molecule has 0 spiro atoms. The zero-order valence-electron chi connectivity index (χ0n) is 14.7. The molecule has 0 saturated carbocycles. The van der Waals surface area contributed by atoms with Crippen molar-refractivity contribution >= 4 is 17.2 Å². The maximum atomic E-state index is 14.3. The van der Waals surface area contributed by atoms with Crippen molar-refractivity contribution in [2.24, 2.45) is 0 Å². The first-order valence-electron chi connectivity index (χ1n) is 8.63. The van der Waals surface area contributed by atoms with E-state index in [0.717, 1.165) is 29.1 Å². The smallest absolute Gasteiger partial charge is 0.216 e. The minimum atomic E-state index is -0.258. The highest BCUT2D eigenvalue weighted by Crippen LogP contribution is 2.25. The number of aromatic nitrogens is 1. The predicted molar refractivity (Wildman–Crippen MR) is 104 cm³/mol. The van der Waals surface area contributed by atoms with Crippen LogP contribution in [-0.2, 0) is 24.1 Å². The van der Waals surface area contributed by atoms with Crippen molar-refractivity contribution in [3.05, 3.63) is 75.9 Å². The molecule has 5 heteroatoms. The summed E-state index contributed by atoms with van der Waals surface area (Å²) in [5.41, 5.74) is 3.49. The third-order valence-electron chi connectivity index (χ3n) is 4.14. The summed E-state index contributed by atoms with van der Waals surface area (Å²) in [5.74, 6) is -0.362. The third kappa shape index (κ3) is 4.99. The number of carbonyl (C=O) groups excluding carboxylic acids is 1. The lowest BCUT2D eigenvalue weighted by Gasteiger charge is -2.06. The molecule has 1 heterocycles. The minimum Gasteiger partial charge on any atom is -0.356 e. The maximum absolute atomic E-state index is 14.3. The van der Waals surface area contributed by atoms with Crippen LogP contribution < -0.4 is 5.32 Å². The van der Waals surface area contributed by atoms with E-state index in [1.54, 1.807) is 17.4 Å². The Morgan fingerprint density at radius 3 is 2.65 bits per heavy atom. The number of amides is 1.